The number of hydrogen-bond donors (Lipinski definition) is 1. The molecule has 2 aromatic rings. The second-order valence-electron chi connectivity index (χ2n) is 7.71. The highest BCUT2D eigenvalue weighted by Gasteiger charge is 2.38. The van der Waals surface area contributed by atoms with Crippen molar-refractivity contribution >= 4 is 35.0 Å². The number of carbonyl (C=O) groups is 2. The zero-order chi connectivity index (χ0) is 25.0. The molecule has 2 heterocycles. The fourth-order valence-corrected chi connectivity index (χ4v) is 3.92. The average Bonchev–Trinajstić information content (AvgIpc) is 3.15. The van der Waals surface area contributed by atoms with Crippen LogP contribution in [0.3, 0.4) is 0 Å². The number of aromatic nitrogens is 2. The zero-order valence-corrected chi connectivity index (χ0v) is 20.3. The van der Waals surface area contributed by atoms with Crippen molar-refractivity contribution in [1.29, 1.82) is 0 Å². The Morgan fingerprint density at radius 1 is 1.32 bits per heavy atom. The predicted octanol–water partition coefficient (Wildman–Crippen LogP) is 3.22. The molecule has 0 spiro atoms. The van der Waals surface area contributed by atoms with Crippen molar-refractivity contribution < 1.29 is 23.8 Å². The maximum atomic E-state index is 12.6. The van der Waals surface area contributed by atoms with E-state index in [4.69, 9.17) is 37.4 Å². The number of esters is 1. The number of halogens is 2. The SMILES string of the molecule is CCc1cn([C@H]2C[C@H](OC(C)=O)[C@@H](/C=C/C(=O)C(C)Oc3ccc(Cl)cc3Cl)O2)c(=O)[nH]c1=O. The first-order chi connectivity index (χ1) is 16.1. The van der Waals surface area contributed by atoms with Crippen LogP contribution in [0.15, 0.2) is 46.1 Å². The van der Waals surface area contributed by atoms with Crippen LogP contribution in [-0.2, 0) is 25.5 Å². The summed E-state index contributed by atoms with van der Waals surface area (Å²) in [5.41, 5.74) is -0.695. The van der Waals surface area contributed by atoms with E-state index in [2.05, 4.69) is 4.98 Å². The van der Waals surface area contributed by atoms with Crippen LogP contribution < -0.4 is 16.0 Å². The Morgan fingerprint density at radius 3 is 2.71 bits per heavy atom. The van der Waals surface area contributed by atoms with Crippen LogP contribution >= 0.6 is 23.2 Å². The van der Waals surface area contributed by atoms with E-state index in [1.54, 1.807) is 26.0 Å². The molecular formula is C23H24Cl2N2O7. The molecule has 9 nitrogen and oxygen atoms in total. The van der Waals surface area contributed by atoms with Gasteiger partial charge in [0.2, 0.25) is 0 Å². The van der Waals surface area contributed by atoms with Gasteiger partial charge in [-0.05, 0) is 43.7 Å². The Balaban J connectivity index is 1.76. The molecule has 1 N–H and O–H groups in total. The lowest BCUT2D eigenvalue weighted by Crippen LogP contribution is -2.34. The Morgan fingerprint density at radius 2 is 2.06 bits per heavy atom. The maximum absolute atomic E-state index is 12.6. The summed E-state index contributed by atoms with van der Waals surface area (Å²) in [6.45, 7) is 4.60. The van der Waals surface area contributed by atoms with Gasteiger partial charge in [-0.2, -0.15) is 0 Å². The van der Waals surface area contributed by atoms with Gasteiger partial charge in [-0.25, -0.2) is 4.79 Å². The van der Waals surface area contributed by atoms with Crippen LogP contribution in [0, 0.1) is 0 Å². The molecule has 0 saturated carbocycles. The van der Waals surface area contributed by atoms with E-state index in [-0.39, 0.29) is 17.2 Å². The van der Waals surface area contributed by atoms with Gasteiger partial charge in [0.25, 0.3) is 5.56 Å². The van der Waals surface area contributed by atoms with Gasteiger partial charge in [0.15, 0.2) is 11.9 Å². The third-order valence-corrected chi connectivity index (χ3v) is 5.74. The summed E-state index contributed by atoms with van der Waals surface area (Å²) < 4.78 is 18.1. The first-order valence-corrected chi connectivity index (χ1v) is 11.4. The largest absolute Gasteiger partial charge is 0.481 e. The van der Waals surface area contributed by atoms with Crippen molar-refractivity contribution in [2.75, 3.05) is 0 Å². The van der Waals surface area contributed by atoms with E-state index < -0.39 is 41.8 Å². The first kappa shape index (κ1) is 25.7. The van der Waals surface area contributed by atoms with Crippen LogP contribution in [-0.4, -0.2) is 39.6 Å². The number of nitrogens with one attached hydrogen (secondary N) is 1. The number of ketones is 1. The summed E-state index contributed by atoms with van der Waals surface area (Å²) in [5.74, 6) is -0.607. The molecule has 1 saturated heterocycles. The van der Waals surface area contributed by atoms with Crippen molar-refractivity contribution in [3.63, 3.8) is 0 Å². The lowest BCUT2D eigenvalue weighted by Gasteiger charge is -2.16. The van der Waals surface area contributed by atoms with E-state index in [1.807, 2.05) is 0 Å². The van der Waals surface area contributed by atoms with Gasteiger partial charge in [-0.1, -0.05) is 30.1 Å². The lowest BCUT2D eigenvalue weighted by atomic mass is 10.1. The van der Waals surface area contributed by atoms with Crippen molar-refractivity contribution in [3.05, 3.63) is 73.0 Å². The minimum absolute atomic E-state index is 0.157. The third kappa shape index (κ3) is 6.16. The number of hydrogen-bond acceptors (Lipinski definition) is 7. The minimum Gasteiger partial charge on any atom is -0.481 e. The topological polar surface area (TPSA) is 117 Å². The molecule has 0 amide bonds. The predicted molar refractivity (Wildman–Crippen MR) is 125 cm³/mol. The van der Waals surface area contributed by atoms with E-state index in [1.165, 1.54) is 35.9 Å². The minimum atomic E-state index is -0.867. The number of H-pyrrole nitrogens is 1. The molecular weight excluding hydrogens is 487 g/mol. The number of benzene rings is 1. The van der Waals surface area contributed by atoms with Gasteiger partial charge in [-0.3, -0.25) is 23.9 Å². The van der Waals surface area contributed by atoms with Gasteiger partial charge >= 0.3 is 11.7 Å². The van der Waals surface area contributed by atoms with Gasteiger partial charge < -0.3 is 14.2 Å². The van der Waals surface area contributed by atoms with Crippen LogP contribution in [0.1, 0.15) is 39.0 Å². The van der Waals surface area contributed by atoms with Crippen LogP contribution in [0.25, 0.3) is 0 Å². The Hall–Kier alpha value is -2.88. The molecule has 0 radical (unpaired) electrons. The number of aromatic amines is 1. The summed E-state index contributed by atoms with van der Waals surface area (Å²) in [7, 11) is 0. The van der Waals surface area contributed by atoms with Crippen molar-refractivity contribution in [1.82, 2.24) is 9.55 Å². The normalized spacial score (nSPS) is 20.9. The van der Waals surface area contributed by atoms with E-state index in [0.717, 1.165) is 0 Å². The molecule has 1 aromatic heterocycles. The highest BCUT2D eigenvalue weighted by molar-refractivity contribution is 6.35. The Kier molecular flexibility index (Phi) is 8.35. The highest BCUT2D eigenvalue weighted by atomic mass is 35.5. The summed E-state index contributed by atoms with van der Waals surface area (Å²) >= 11 is 12.0. The van der Waals surface area contributed by atoms with Crippen LogP contribution in [0.5, 0.6) is 5.75 Å². The third-order valence-electron chi connectivity index (χ3n) is 5.21. The number of nitrogens with zero attached hydrogens (tertiary/aromatic N) is 1. The molecule has 1 aromatic carbocycles. The summed E-state index contributed by atoms with van der Waals surface area (Å²) in [4.78, 5) is 50.6. The van der Waals surface area contributed by atoms with Gasteiger partial charge in [0.1, 0.15) is 24.2 Å². The average molecular weight is 511 g/mol. The van der Waals surface area contributed by atoms with E-state index in [9.17, 15) is 19.2 Å². The lowest BCUT2D eigenvalue weighted by molar-refractivity contribution is -0.147. The molecule has 0 aliphatic carbocycles. The quantitative estimate of drug-likeness (QED) is 0.427. The molecule has 11 heteroatoms. The second kappa shape index (κ2) is 11.0. The fourth-order valence-electron chi connectivity index (χ4n) is 3.47. The molecule has 1 fully saturated rings. The smallest absolute Gasteiger partial charge is 0.330 e. The zero-order valence-electron chi connectivity index (χ0n) is 18.7. The molecule has 0 bridgehead atoms. The highest BCUT2D eigenvalue weighted by Crippen LogP contribution is 2.31. The van der Waals surface area contributed by atoms with Crippen molar-refractivity contribution in [3.8, 4) is 5.75 Å². The van der Waals surface area contributed by atoms with Crippen LogP contribution in [0.4, 0.5) is 0 Å². The second-order valence-corrected chi connectivity index (χ2v) is 8.55. The molecule has 3 rings (SSSR count). The number of ether oxygens (including phenoxy) is 3. The van der Waals surface area contributed by atoms with Crippen LogP contribution in [0.2, 0.25) is 10.0 Å². The van der Waals surface area contributed by atoms with Gasteiger partial charge in [-0.15, -0.1) is 0 Å². The molecule has 1 aliphatic heterocycles. The van der Waals surface area contributed by atoms with E-state index >= 15 is 0 Å². The van der Waals surface area contributed by atoms with Crippen molar-refractivity contribution in [2.45, 2.75) is 58.2 Å². The monoisotopic (exact) mass is 510 g/mol. The van der Waals surface area contributed by atoms with Gasteiger partial charge in [0.05, 0.1) is 5.02 Å². The molecule has 1 unspecified atom stereocenters. The number of rotatable bonds is 8. The molecule has 34 heavy (non-hydrogen) atoms. The standard InChI is InChI=1S/C23H24Cl2N2O7/c1-4-14-11-27(23(31)26-22(14)30)21-10-20(33-13(3)28)19(34-21)8-6-17(29)12(2)32-18-7-5-15(24)9-16(18)25/h5-9,11-12,19-21H,4,10H2,1-3H3,(H,26,30,31)/b8-6+/t12?,19-,20+,21-/m1/s1. The van der Waals surface area contributed by atoms with E-state index in [0.29, 0.717) is 22.8 Å². The molecule has 1 aliphatic rings. The summed E-state index contributed by atoms with van der Waals surface area (Å²) in [6, 6.07) is 4.66. The fraction of sp³-hybridized carbons (Fsp3) is 0.391. The van der Waals surface area contributed by atoms with Crippen molar-refractivity contribution in [2.24, 2.45) is 0 Å². The Bertz CT molecular complexity index is 1220. The molecule has 182 valence electrons. The van der Waals surface area contributed by atoms with Gasteiger partial charge in [0, 0.05) is 30.1 Å². The maximum Gasteiger partial charge on any atom is 0.330 e. The number of aryl methyl sites for hydroxylation is 1. The summed E-state index contributed by atoms with van der Waals surface area (Å²) in [6.07, 6.45) is 1.53. The summed E-state index contributed by atoms with van der Waals surface area (Å²) in [5, 5.41) is 0.708. The first-order valence-electron chi connectivity index (χ1n) is 10.6. The number of carbonyl (C=O) groups excluding carboxylic acids is 2. The molecule has 4 atom stereocenters. The Labute approximate surface area is 205 Å².